The molecule has 0 saturated heterocycles. The molecule has 0 unspecified atom stereocenters. The van der Waals surface area contributed by atoms with Crippen molar-refractivity contribution in [3.63, 3.8) is 0 Å². The second kappa shape index (κ2) is 5.64. The van der Waals surface area contributed by atoms with E-state index >= 15 is 0 Å². The number of carbonyl (C=O) groups is 1. The van der Waals surface area contributed by atoms with Gasteiger partial charge in [-0.15, -0.1) is 0 Å². The molecule has 1 aromatic carbocycles. The second-order valence-corrected chi connectivity index (χ2v) is 5.16. The number of hydrogen-bond acceptors (Lipinski definition) is 4. The quantitative estimate of drug-likeness (QED) is 0.798. The van der Waals surface area contributed by atoms with Gasteiger partial charge >= 0.3 is 0 Å². The second-order valence-electron chi connectivity index (χ2n) is 5.16. The maximum atomic E-state index is 12.3. The topological polar surface area (TPSA) is 44.8 Å². The lowest BCUT2D eigenvalue weighted by molar-refractivity contribution is -0.113. The van der Waals surface area contributed by atoms with Crippen LogP contribution in [0.25, 0.3) is 6.08 Å². The lowest BCUT2D eigenvalue weighted by Gasteiger charge is -2.09. The Labute approximate surface area is 124 Å². The van der Waals surface area contributed by atoms with Gasteiger partial charge in [0.1, 0.15) is 5.76 Å². The summed E-state index contributed by atoms with van der Waals surface area (Å²) >= 11 is 0. The zero-order valence-electron chi connectivity index (χ0n) is 12.3. The summed E-state index contributed by atoms with van der Waals surface area (Å²) in [5.74, 6) is 2.59. The number of carbonyl (C=O) groups excluding carboxylic acids is 1. The Balaban J connectivity index is 1.88. The molecule has 0 fully saturated rings. The summed E-state index contributed by atoms with van der Waals surface area (Å²) in [6.07, 6.45) is 5.62. The molecule has 0 bridgehead atoms. The minimum absolute atomic E-state index is 0.0273. The first-order chi connectivity index (χ1) is 10.2. The Hall–Kier alpha value is -2.23. The SMILES string of the molecule is COc1ccc(/C=C2\OC3=C(CCCC3)C2=O)cc1OC. The van der Waals surface area contributed by atoms with Crippen LogP contribution in [0.2, 0.25) is 0 Å². The van der Waals surface area contributed by atoms with Crippen LogP contribution >= 0.6 is 0 Å². The van der Waals surface area contributed by atoms with Gasteiger partial charge in [0, 0.05) is 12.0 Å². The monoisotopic (exact) mass is 286 g/mol. The number of ether oxygens (including phenoxy) is 3. The van der Waals surface area contributed by atoms with Crippen molar-refractivity contribution in [2.75, 3.05) is 14.2 Å². The zero-order valence-corrected chi connectivity index (χ0v) is 12.3. The molecule has 0 radical (unpaired) electrons. The lowest BCUT2D eigenvalue weighted by Crippen LogP contribution is -2.02. The fraction of sp³-hybridized carbons (Fsp3) is 0.353. The first-order valence-corrected chi connectivity index (χ1v) is 7.11. The van der Waals surface area contributed by atoms with Crippen LogP contribution in [0, 0.1) is 0 Å². The molecule has 21 heavy (non-hydrogen) atoms. The minimum Gasteiger partial charge on any atom is -0.493 e. The van der Waals surface area contributed by atoms with E-state index in [-0.39, 0.29) is 5.78 Å². The molecular formula is C17H18O4. The molecule has 3 rings (SSSR count). The third-order valence-corrected chi connectivity index (χ3v) is 3.85. The maximum absolute atomic E-state index is 12.3. The standard InChI is InChI=1S/C17H18O4/c1-19-14-8-7-11(9-15(14)20-2)10-16-17(18)12-5-3-4-6-13(12)21-16/h7-10H,3-6H2,1-2H3/b16-10-. The molecule has 1 aromatic rings. The zero-order chi connectivity index (χ0) is 14.8. The van der Waals surface area contributed by atoms with Crippen molar-refractivity contribution in [3.05, 3.63) is 40.9 Å². The summed E-state index contributed by atoms with van der Waals surface area (Å²) in [6, 6.07) is 5.53. The van der Waals surface area contributed by atoms with Crippen molar-refractivity contribution in [3.8, 4) is 11.5 Å². The van der Waals surface area contributed by atoms with Crippen LogP contribution in [-0.2, 0) is 9.53 Å². The van der Waals surface area contributed by atoms with Crippen molar-refractivity contribution < 1.29 is 19.0 Å². The van der Waals surface area contributed by atoms with E-state index in [9.17, 15) is 4.79 Å². The number of Topliss-reactive ketones (excluding diaryl/α,β-unsaturated/α-hetero) is 1. The fourth-order valence-corrected chi connectivity index (χ4v) is 2.75. The van der Waals surface area contributed by atoms with Gasteiger partial charge in [0.05, 0.1) is 14.2 Å². The maximum Gasteiger partial charge on any atom is 0.227 e. The summed E-state index contributed by atoms with van der Waals surface area (Å²) < 4.78 is 16.2. The van der Waals surface area contributed by atoms with Gasteiger partial charge in [-0.05, 0) is 43.0 Å². The van der Waals surface area contributed by atoms with Crippen molar-refractivity contribution in [2.45, 2.75) is 25.7 Å². The van der Waals surface area contributed by atoms with E-state index in [4.69, 9.17) is 14.2 Å². The van der Waals surface area contributed by atoms with Crippen molar-refractivity contribution in [1.82, 2.24) is 0 Å². The third kappa shape index (κ3) is 2.53. The Morgan fingerprint density at radius 2 is 1.86 bits per heavy atom. The van der Waals surface area contributed by atoms with E-state index in [1.807, 2.05) is 18.2 Å². The summed E-state index contributed by atoms with van der Waals surface area (Å²) in [5.41, 5.74) is 1.71. The van der Waals surface area contributed by atoms with E-state index in [2.05, 4.69) is 0 Å². The normalized spacial score (nSPS) is 19.5. The van der Waals surface area contributed by atoms with Gasteiger partial charge in [-0.2, -0.15) is 0 Å². The summed E-state index contributed by atoms with van der Waals surface area (Å²) in [4.78, 5) is 12.3. The summed E-state index contributed by atoms with van der Waals surface area (Å²) in [5, 5.41) is 0. The van der Waals surface area contributed by atoms with Crippen molar-refractivity contribution >= 4 is 11.9 Å². The van der Waals surface area contributed by atoms with Gasteiger partial charge in [0.15, 0.2) is 17.3 Å². The predicted octanol–water partition coefficient (Wildman–Crippen LogP) is 3.47. The molecule has 0 aromatic heterocycles. The Morgan fingerprint density at radius 3 is 2.57 bits per heavy atom. The Bertz CT molecular complexity index is 640. The first kappa shape index (κ1) is 13.7. The molecule has 0 amide bonds. The third-order valence-electron chi connectivity index (χ3n) is 3.85. The number of hydrogen-bond donors (Lipinski definition) is 0. The average Bonchev–Trinajstić information content (AvgIpc) is 2.84. The largest absolute Gasteiger partial charge is 0.493 e. The van der Waals surface area contributed by atoms with Gasteiger partial charge in [-0.1, -0.05) is 6.07 Å². The van der Waals surface area contributed by atoms with Crippen LogP contribution in [0.4, 0.5) is 0 Å². The average molecular weight is 286 g/mol. The summed E-state index contributed by atoms with van der Waals surface area (Å²) in [6.45, 7) is 0. The van der Waals surface area contributed by atoms with E-state index < -0.39 is 0 Å². The van der Waals surface area contributed by atoms with E-state index in [0.717, 1.165) is 42.6 Å². The highest BCUT2D eigenvalue weighted by atomic mass is 16.5. The van der Waals surface area contributed by atoms with Gasteiger partial charge in [0.25, 0.3) is 0 Å². The van der Waals surface area contributed by atoms with E-state index in [0.29, 0.717) is 17.3 Å². The van der Waals surface area contributed by atoms with E-state index in [1.165, 1.54) is 0 Å². The Morgan fingerprint density at radius 1 is 1.10 bits per heavy atom. The molecular weight excluding hydrogens is 268 g/mol. The molecule has 4 heteroatoms. The molecule has 0 N–H and O–H groups in total. The molecule has 1 heterocycles. The van der Waals surface area contributed by atoms with Crippen molar-refractivity contribution in [1.29, 1.82) is 0 Å². The van der Waals surface area contributed by atoms with E-state index in [1.54, 1.807) is 20.3 Å². The van der Waals surface area contributed by atoms with Crippen molar-refractivity contribution in [2.24, 2.45) is 0 Å². The predicted molar refractivity (Wildman–Crippen MR) is 79.1 cm³/mol. The van der Waals surface area contributed by atoms with Crippen LogP contribution in [0.15, 0.2) is 35.3 Å². The fourth-order valence-electron chi connectivity index (χ4n) is 2.75. The highest BCUT2D eigenvalue weighted by Crippen LogP contribution is 2.36. The number of ketones is 1. The molecule has 0 spiro atoms. The number of rotatable bonds is 3. The molecule has 1 aliphatic carbocycles. The van der Waals surface area contributed by atoms with Crippen LogP contribution in [0.5, 0.6) is 11.5 Å². The number of methoxy groups -OCH3 is 2. The van der Waals surface area contributed by atoms with Crippen LogP contribution in [0.3, 0.4) is 0 Å². The van der Waals surface area contributed by atoms with Gasteiger partial charge in [-0.25, -0.2) is 0 Å². The molecule has 110 valence electrons. The highest BCUT2D eigenvalue weighted by Gasteiger charge is 2.31. The van der Waals surface area contributed by atoms with Crippen LogP contribution in [0.1, 0.15) is 31.2 Å². The number of benzene rings is 1. The smallest absolute Gasteiger partial charge is 0.227 e. The minimum atomic E-state index is 0.0273. The molecule has 1 aliphatic heterocycles. The van der Waals surface area contributed by atoms with Gasteiger partial charge < -0.3 is 14.2 Å². The van der Waals surface area contributed by atoms with Gasteiger partial charge in [-0.3, -0.25) is 4.79 Å². The molecule has 4 nitrogen and oxygen atoms in total. The van der Waals surface area contributed by atoms with Gasteiger partial charge in [0.2, 0.25) is 5.78 Å². The molecule has 0 saturated carbocycles. The molecule has 2 aliphatic rings. The first-order valence-electron chi connectivity index (χ1n) is 7.11. The van der Waals surface area contributed by atoms with Crippen LogP contribution in [-0.4, -0.2) is 20.0 Å². The lowest BCUT2D eigenvalue weighted by atomic mass is 9.96. The molecule has 0 atom stereocenters. The summed E-state index contributed by atoms with van der Waals surface area (Å²) in [7, 11) is 3.18. The Kier molecular flexibility index (Phi) is 3.69. The van der Waals surface area contributed by atoms with Crippen LogP contribution < -0.4 is 9.47 Å². The number of allylic oxidation sites excluding steroid dienone is 2. The highest BCUT2D eigenvalue weighted by molar-refractivity contribution is 6.11.